The maximum Gasteiger partial charge on any atom is 0.249 e. The van der Waals surface area contributed by atoms with Gasteiger partial charge in [-0.2, -0.15) is 0 Å². The first-order valence-corrected chi connectivity index (χ1v) is 7.14. The van der Waals surface area contributed by atoms with Gasteiger partial charge in [-0.3, -0.25) is 9.59 Å². The number of hydrogen-bond donors (Lipinski definition) is 1. The van der Waals surface area contributed by atoms with Crippen molar-refractivity contribution >= 4 is 11.8 Å². The van der Waals surface area contributed by atoms with E-state index in [1.54, 1.807) is 4.90 Å². The first-order chi connectivity index (χ1) is 8.52. The Labute approximate surface area is 109 Å². The van der Waals surface area contributed by atoms with E-state index >= 15 is 0 Å². The topological polar surface area (TPSA) is 49.4 Å². The smallest absolute Gasteiger partial charge is 0.249 e. The molecule has 0 aromatic carbocycles. The van der Waals surface area contributed by atoms with E-state index in [4.69, 9.17) is 0 Å². The monoisotopic (exact) mass is 252 g/mol. The lowest BCUT2D eigenvalue weighted by Gasteiger charge is -2.43. The maximum absolute atomic E-state index is 12.6. The molecule has 2 aliphatic rings. The SMILES string of the molecule is CCC1(CC)NC(=O)CN(C(C)CC2CC2)C1=O. The largest absolute Gasteiger partial charge is 0.340 e. The molecule has 1 N–H and O–H groups in total. The van der Waals surface area contributed by atoms with Crippen molar-refractivity contribution in [1.29, 1.82) is 0 Å². The molecule has 4 heteroatoms. The van der Waals surface area contributed by atoms with Gasteiger partial charge in [0.15, 0.2) is 0 Å². The normalized spacial score (nSPS) is 24.9. The van der Waals surface area contributed by atoms with Gasteiger partial charge < -0.3 is 10.2 Å². The van der Waals surface area contributed by atoms with Crippen molar-refractivity contribution in [3.63, 3.8) is 0 Å². The van der Waals surface area contributed by atoms with Crippen molar-refractivity contribution in [2.75, 3.05) is 6.54 Å². The summed E-state index contributed by atoms with van der Waals surface area (Å²) in [7, 11) is 0. The van der Waals surface area contributed by atoms with Gasteiger partial charge in [0.05, 0.1) is 6.54 Å². The highest BCUT2D eigenvalue weighted by Gasteiger charge is 2.45. The highest BCUT2D eigenvalue weighted by atomic mass is 16.2. The van der Waals surface area contributed by atoms with Crippen LogP contribution >= 0.6 is 0 Å². The van der Waals surface area contributed by atoms with Gasteiger partial charge in [-0.25, -0.2) is 0 Å². The number of carbonyl (C=O) groups is 2. The van der Waals surface area contributed by atoms with Gasteiger partial charge in [0.25, 0.3) is 0 Å². The molecule has 0 aromatic rings. The number of carbonyl (C=O) groups excluding carboxylic acids is 2. The second-order valence-electron chi connectivity index (χ2n) is 5.80. The molecule has 102 valence electrons. The van der Waals surface area contributed by atoms with Crippen LogP contribution in [0.1, 0.15) is 52.9 Å². The van der Waals surface area contributed by atoms with E-state index in [1.165, 1.54) is 12.8 Å². The zero-order valence-electron chi connectivity index (χ0n) is 11.7. The molecule has 4 nitrogen and oxygen atoms in total. The molecular formula is C14H24N2O2. The molecule has 2 fully saturated rings. The van der Waals surface area contributed by atoms with Crippen LogP contribution in [0.2, 0.25) is 0 Å². The molecule has 0 spiro atoms. The summed E-state index contributed by atoms with van der Waals surface area (Å²) in [5.41, 5.74) is -0.660. The fraction of sp³-hybridized carbons (Fsp3) is 0.857. The van der Waals surface area contributed by atoms with E-state index in [9.17, 15) is 9.59 Å². The van der Waals surface area contributed by atoms with Crippen LogP contribution < -0.4 is 5.32 Å². The van der Waals surface area contributed by atoms with Crippen molar-refractivity contribution in [2.24, 2.45) is 5.92 Å². The van der Waals surface area contributed by atoms with Crippen LogP contribution in [0, 0.1) is 5.92 Å². The van der Waals surface area contributed by atoms with Gasteiger partial charge >= 0.3 is 0 Å². The zero-order valence-corrected chi connectivity index (χ0v) is 11.7. The van der Waals surface area contributed by atoms with Crippen LogP contribution in [0.25, 0.3) is 0 Å². The van der Waals surface area contributed by atoms with Crippen LogP contribution in [-0.2, 0) is 9.59 Å². The standard InChI is InChI=1S/C14H24N2O2/c1-4-14(5-2)13(18)16(9-12(17)15-14)10(3)8-11-6-7-11/h10-11H,4-9H2,1-3H3,(H,15,17). The fourth-order valence-corrected chi connectivity index (χ4v) is 2.91. The predicted octanol–water partition coefficient (Wildman–Crippen LogP) is 1.69. The van der Waals surface area contributed by atoms with E-state index in [-0.39, 0.29) is 24.4 Å². The molecule has 1 atom stereocenters. The van der Waals surface area contributed by atoms with Crippen molar-refractivity contribution in [3.05, 3.63) is 0 Å². The summed E-state index contributed by atoms with van der Waals surface area (Å²) >= 11 is 0. The lowest BCUT2D eigenvalue weighted by molar-refractivity contribution is -0.152. The average Bonchev–Trinajstić information content (AvgIpc) is 3.15. The third kappa shape index (κ3) is 2.38. The summed E-state index contributed by atoms with van der Waals surface area (Å²) in [5.74, 6) is 0.872. The van der Waals surface area contributed by atoms with Crippen molar-refractivity contribution in [3.8, 4) is 0 Å². The van der Waals surface area contributed by atoms with Gasteiger partial charge in [0.1, 0.15) is 5.54 Å². The number of piperazine rings is 1. The fourth-order valence-electron chi connectivity index (χ4n) is 2.91. The summed E-state index contributed by atoms with van der Waals surface area (Å²) in [6.07, 6.45) is 4.94. The molecule has 0 bridgehead atoms. The molecule has 2 rings (SSSR count). The first kappa shape index (κ1) is 13.4. The van der Waals surface area contributed by atoms with E-state index in [2.05, 4.69) is 12.2 Å². The molecule has 1 heterocycles. The van der Waals surface area contributed by atoms with Gasteiger partial charge in [-0.15, -0.1) is 0 Å². The van der Waals surface area contributed by atoms with Crippen LogP contribution in [-0.4, -0.2) is 34.8 Å². The zero-order chi connectivity index (χ0) is 13.3. The minimum atomic E-state index is -0.660. The number of hydrogen-bond acceptors (Lipinski definition) is 2. The molecule has 1 aliphatic heterocycles. The number of nitrogens with zero attached hydrogens (tertiary/aromatic N) is 1. The van der Waals surface area contributed by atoms with Gasteiger partial charge in [0, 0.05) is 6.04 Å². The second kappa shape index (κ2) is 4.90. The lowest BCUT2D eigenvalue weighted by Crippen LogP contribution is -2.67. The van der Waals surface area contributed by atoms with Crippen molar-refractivity contribution in [1.82, 2.24) is 10.2 Å². The molecule has 18 heavy (non-hydrogen) atoms. The first-order valence-electron chi connectivity index (χ1n) is 7.14. The number of nitrogens with one attached hydrogen (secondary N) is 1. The Bertz CT molecular complexity index is 346. The van der Waals surface area contributed by atoms with Crippen molar-refractivity contribution in [2.45, 2.75) is 64.5 Å². The maximum atomic E-state index is 12.6. The van der Waals surface area contributed by atoms with E-state index < -0.39 is 5.54 Å². The van der Waals surface area contributed by atoms with E-state index in [1.807, 2.05) is 13.8 Å². The Kier molecular flexibility index (Phi) is 3.64. The molecule has 0 aromatic heterocycles. The third-order valence-corrected chi connectivity index (χ3v) is 4.47. The van der Waals surface area contributed by atoms with Crippen LogP contribution in [0.4, 0.5) is 0 Å². The molecule has 2 amide bonds. The molecule has 0 radical (unpaired) electrons. The summed E-state index contributed by atoms with van der Waals surface area (Å²) in [6.45, 7) is 6.24. The predicted molar refractivity (Wildman–Crippen MR) is 70.0 cm³/mol. The van der Waals surface area contributed by atoms with Crippen molar-refractivity contribution < 1.29 is 9.59 Å². The van der Waals surface area contributed by atoms with Gasteiger partial charge in [-0.1, -0.05) is 26.7 Å². The second-order valence-corrected chi connectivity index (χ2v) is 5.80. The highest BCUT2D eigenvalue weighted by Crippen LogP contribution is 2.35. The quantitative estimate of drug-likeness (QED) is 0.809. The Morgan fingerprint density at radius 1 is 1.33 bits per heavy atom. The van der Waals surface area contributed by atoms with Crippen LogP contribution in [0.15, 0.2) is 0 Å². The minimum absolute atomic E-state index is 0.0130. The summed E-state index contributed by atoms with van der Waals surface area (Å²) < 4.78 is 0. The number of amides is 2. The van der Waals surface area contributed by atoms with Gasteiger partial charge in [0.2, 0.25) is 11.8 Å². The molecular weight excluding hydrogens is 228 g/mol. The molecule has 1 saturated carbocycles. The minimum Gasteiger partial charge on any atom is -0.340 e. The summed E-state index contributed by atoms with van der Waals surface area (Å²) in [5, 5.41) is 2.90. The Balaban J connectivity index is 2.13. The molecule has 1 aliphatic carbocycles. The Morgan fingerprint density at radius 3 is 2.44 bits per heavy atom. The number of rotatable bonds is 5. The molecule has 1 saturated heterocycles. The van der Waals surface area contributed by atoms with E-state index in [0.29, 0.717) is 12.8 Å². The Morgan fingerprint density at radius 2 is 1.94 bits per heavy atom. The van der Waals surface area contributed by atoms with E-state index in [0.717, 1.165) is 12.3 Å². The van der Waals surface area contributed by atoms with Gasteiger partial charge in [-0.05, 0) is 32.1 Å². The molecule has 1 unspecified atom stereocenters. The highest BCUT2D eigenvalue weighted by molar-refractivity contribution is 5.98. The third-order valence-electron chi connectivity index (χ3n) is 4.47. The average molecular weight is 252 g/mol. The Hall–Kier alpha value is -1.06. The van der Waals surface area contributed by atoms with Crippen LogP contribution in [0.3, 0.4) is 0 Å². The summed E-state index contributed by atoms with van der Waals surface area (Å²) in [4.78, 5) is 26.3. The van der Waals surface area contributed by atoms with Crippen LogP contribution in [0.5, 0.6) is 0 Å². The summed E-state index contributed by atoms with van der Waals surface area (Å²) in [6, 6.07) is 0.188. The lowest BCUT2D eigenvalue weighted by atomic mass is 9.88.